The van der Waals surface area contributed by atoms with Gasteiger partial charge < -0.3 is 23.8 Å². The van der Waals surface area contributed by atoms with Crippen LogP contribution < -0.4 is 19.3 Å². The van der Waals surface area contributed by atoms with Crippen LogP contribution in [-0.4, -0.2) is 9.55 Å². The summed E-state index contributed by atoms with van der Waals surface area (Å²) in [6.45, 7) is 35.5. The van der Waals surface area contributed by atoms with E-state index in [1.807, 2.05) is 59.5 Å². The number of benzene rings is 10. The first-order chi connectivity index (χ1) is 47.9. The van der Waals surface area contributed by atoms with Gasteiger partial charge in [-0.3, -0.25) is 0 Å². The number of ether oxygens (including phenoxy) is 2. The van der Waals surface area contributed by atoms with Crippen LogP contribution in [0.4, 0.5) is 22.7 Å². The monoisotopic (exact) mass is 1410 g/mol. The van der Waals surface area contributed by atoms with Crippen molar-refractivity contribution >= 4 is 44.6 Å². The van der Waals surface area contributed by atoms with Crippen molar-refractivity contribution in [2.24, 2.45) is 0 Å². The summed E-state index contributed by atoms with van der Waals surface area (Å²) in [4.78, 5) is 8.75. The van der Waals surface area contributed by atoms with Gasteiger partial charge in [0.05, 0.1) is 13.7 Å². The van der Waals surface area contributed by atoms with Gasteiger partial charge in [-0.15, -0.1) is 48.1 Å². The maximum atomic E-state index is 9.17. The summed E-state index contributed by atoms with van der Waals surface area (Å²) < 4.78 is 105. The fourth-order valence-electron chi connectivity index (χ4n) is 12.0. The van der Waals surface area contributed by atoms with E-state index in [1.165, 1.54) is 22.3 Å². The third-order valence-corrected chi connectivity index (χ3v) is 17.3. The number of hydrogen-bond donors (Lipinski definition) is 0. The second-order valence-corrected chi connectivity index (χ2v) is 29.2. The fourth-order valence-corrected chi connectivity index (χ4v) is 12.0. The first kappa shape index (κ1) is 52.5. The Labute approximate surface area is 580 Å². The summed E-state index contributed by atoms with van der Waals surface area (Å²) >= 11 is 0. The van der Waals surface area contributed by atoms with E-state index in [0.717, 1.165) is 49.9 Å². The number of nitrogens with zero attached hydrogens (tertiary/aromatic N) is 4. The quantitative estimate of drug-likeness (QED) is 0.121. The molecule has 0 bridgehead atoms. The molecule has 0 radical (unpaired) electrons. The number of fused-ring (bicyclic) bond motifs is 4. The Bertz CT molecular complexity index is 5100. The van der Waals surface area contributed by atoms with E-state index >= 15 is 0 Å². The zero-order valence-electron chi connectivity index (χ0n) is 65.6. The van der Waals surface area contributed by atoms with Crippen molar-refractivity contribution in [3.05, 3.63) is 271 Å². The summed E-state index contributed by atoms with van der Waals surface area (Å²) in [7, 11) is 0. The van der Waals surface area contributed by atoms with E-state index in [-0.39, 0.29) is 76.1 Å². The van der Waals surface area contributed by atoms with Gasteiger partial charge in [-0.2, -0.15) is 12.1 Å². The van der Waals surface area contributed by atoms with Crippen molar-refractivity contribution < 1.29 is 44.2 Å². The molecular formula is C86H83N4O2Pt-3. The molecule has 0 N–H and O–H groups in total. The standard InChI is InChI=1S/C86H83N4O2.Pt/c1-82(2,3)60-39-42-75-74(51-60)73-41-40-67(91-66-32-24-31-65(52-66)88-55-89(77-38-23-22-37-76(77)88)80-69(56-27-18-16-19-28-56)33-25-34-70(80)57-29-20-17-21-30-57)53-78(73)90(75)79-54-68(43-44-87-79)92-81-71(58-45-61(83(4,5)6)49-62(46-58)84(7,8)9)35-26-36-72(81)59-47-63(85(10,11)12)50-64(48-59)86(13,14)15;/h16-51,54-55H,1-15H3;/q-3;/i16D,17D,18D,19D,20D,21D,27D,28D,29D,30D;. The molecule has 1 aliphatic rings. The number of hydrogen-bond acceptors (Lipinski definition) is 5. The minimum absolute atomic E-state index is 0. The molecule has 2 aromatic heterocycles. The largest absolute Gasteiger partial charge is 0.509 e. The molecule has 3 heterocycles. The van der Waals surface area contributed by atoms with Crippen LogP contribution in [0, 0.1) is 18.8 Å². The predicted molar refractivity (Wildman–Crippen MR) is 386 cm³/mol. The predicted octanol–water partition coefficient (Wildman–Crippen LogP) is 23.9. The fraction of sp³-hybridized carbons (Fsp3) is 0.233. The molecule has 0 aliphatic carbocycles. The van der Waals surface area contributed by atoms with Gasteiger partial charge in [-0.25, -0.2) is 4.98 Å². The van der Waals surface area contributed by atoms with Crippen LogP contribution in [0.5, 0.6) is 23.0 Å². The second-order valence-electron chi connectivity index (χ2n) is 29.2. The zero-order valence-corrected chi connectivity index (χ0v) is 57.9. The Morgan fingerprint density at radius 2 is 0.914 bits per heavy atom. The Morgan fingerprint density at radius 1 is 0.419 bits per heavy atom. The smallest absolute Gasteiger partial charge is 0.143 e. The molecule has 0 amide bonds. The van der Waals surface area contributed by atoms with Crippen molar-refractivity contribution in [2.75, 3.05) is 9.80 Å². The Morgan fingerprint density at radius 3 is 1.44 bits per heavy atom. The zero-order chi connectivity index (χ0) is 73.4. The number of aromatic nitrogens is 2. The molecule has 93 heavy (non-hydrogen) atoms. The first-order valence-corrected chi connectivity index (χ1v) is 31.5. The van der Waals surface area contributed by atoms with Crippen LogP contribution in [0.2, 0.25) is 0 Å². The minimum Gasteiger partial charge on any atom is -0.509 e. The van der Waals surface area contributed by atoms with Gasteiger partial charge in [0, 0.05) is 89.7 Å². The van der Waals surface area contributed by atoms with Crippen molar-refractivity contribution in [3.63, 3.8) is 0 Å². The molecule has 13 rings (SSSR count). The maximum Gasteiger partial charge on any atom is 0.143 e. The van der Waals surface area contributed by atoms with E-state index in [0.29, 0.717) is 45.6 Å². The van der Waals surface area contributed by atoms with E-state index in [9.17, 15) is 5.48 Å². The van der Waals surface area contributed by atoms with Gasteiger partial charge in [-0.05, 0) is 107 Å². The summed E-state index contributed by atoms with van der Waals surface area (Å²) in [6, 6.07) is 54.6. The van der Waals surface area contributed by atoms with Gasteiger partial charge in [0.2, 0.25) is 0 Å². The van der Waals surface area contributed by atoms with E-state index in [4.69, 9.17) is 22.7 Å². The summed E-state index contributed by atoms with van der Waals surface area (Å²) in [5.74, 6) is 2.65. The molecular weight excluding hydrogens is 1320 g/mol. The number of anilines is 4. The molecule has 0 spiro atoms. The van der Waals surface area contributed by atoms with E-state index in [2.05, 4.69) is 199 Å². The van der Waals surface area contributed by atoms with Crippen molar-refractivity contribution in [1.29, 1.82) is 0 Å². The first-order valence-electron chi connectivity index (χ1n) is 36.5. The van der Waals surface area contributed by atoms with Crippen LogP contribution in [0.3, 0.4) is 0 Å². The van der Waals surface area contributed by atoms with Crippen LogP contribution in [0.1, 0.15) is 145 Å². The van der Waals surface area contributed by atoms with Gasteiger partial charge in [0.25, 0.3) is 0 Å². The molecule has 0 saturated carbocycles. The number of para-hydroxylation sites is 4. The number of pyridine rings is 1. The van der Waals surface area contributed by atoms with E-state index < -0.39 is 60.4 Å². The van der Waals surface area contributed by atoms with Gasteiger partial charge >= 0.3 is 0 Å². The molecule has 0 fully saturated rings. The average Bonchev–Trinajstić information content (AvgIpc) is 1.71. The van der Waals surface area contributed by atoms with Gasteiger partial charge in [0.1, 0.15) is 17.3 Å². The second kappa shape index (κ2) is 24.5. The maximum absolute atomic E-state index is 9.17. The Kier molecular flexibility index (Phi) is 13.8. The molecule has 0 saturated heterocycles. The third-order valence-electron chi connectivity index (χ3n) is 17.3. The topological polar surface area (TPSA) is 42.8 Å². The Hall–Kier alpha value is -8.96. The molecule has 0 atom stereocenters. The van der Waals surface area contributed by atoms with Crippen LogP contribution >= 0.6 is 0 Å². The molecule has 0 unspecified atom stereocenters. The third kappa shape index (κ3) is 12.8. The average molecular weight is 1410 g/mol. The van der Waals surface area contributed by atoms with Gasteiger partial charge in [-0.1, -0.05) is 267 Å². The van der Waals surface area contributed by atoms with Crippen molar-refractivity contribution in [2.45, 2.75) is 131 Å². The van der Waals surface area contributed by atoms with Crippen molar-refractivity contribution in [3.8, 4) is 73.3 Å². The summed E-state index contributed by atoms with van der Waals surface area (Å²) in [6.07, 6.45) is 1.80. The van der Waals surface area contributed by atoms with Gasteiger partial charge in [0.15, 0.2) is 0 Å². The van der Waals surface area contributed by atoms with Crippen molar-refractivity contribution in [1.82, 2.24) is 9.55 Å². The minimum atomic E-state index is -0.574. The molecule has 472 valence electrons. The normalized spacial score (nSPS) is 14.4. The molecule has 1 aliphatic heterocycles. The summed E-state index contributed by atoms with van der Waals surface area (Å²) in [5, 5.41) is 1.94. The molecule has 6 nitrogen and oxygen atoms in total. The van der Waals surface area contributed by atoms with Crippen LogP contribution in [-0.2, 0) is 48.1 Å². The Balaban J connectivity index is 0.00001000. The SMILES string of the molecule is [2H]c1c([2H])c([2H])c(-c2cccc(-c3c([2H])c([2H])c([2H])c([2H])c3[2H])c2N2[CH-]N(c3[c-]c(Oc4[c-]c5c(cc4)c4cc(C(C)(C)C)ccc4n5-c4cc(Oc5c(-c6cc(C(C)(C)C)cc(C(C)(C)C)c6)cccc5-c5cc(C(C)(C)C)cc(C(C)(C)C)c5)ccn4)ccc3)c3ccccc32)c([2H])c1[2H].[Pt]. The number of rotatable bonds is 11. The van der Waals surface area contributed by atoms with E-state index in [1.54, 1.807) is 42.0 Å². The molecule has 10 aromatic carbocycles. The van der Waals surface area contributed by atoms with Crippen LogP contribution in [0.15, 0.2) is 224 Å². The molecule has 7 heteroatoms. The molecule has 12 aromatic rings. The summed E-state index contributed by atoms with van der Waals surface area (Å²) in [5.41, 5.74) is 13.0. The van der Waals surface area contributed by atoms with Crippen LogP contribution in [0.25, 0.3) is 72.1 Å².